The number of nitrogens with zero attached hydrogens (tertiary/aromatic N) is 1. The molecule has 0 unspecified atom stereocenters. The molecule has 0 atom stereocenters. The summed E-state index contributed by atoms with van der Waals surface area (Å²) in [6, 6.07) is 12.1. The Bertz CT molecular complexity index is 894. The minimum atomic E-state index is -3.97. The molecule has 0 bridgehead atoms. The molecule has 5 nitrogen and oxygen atoms in total. The first-order chi connectivity index (χ1) is 10.1. The van der Waals surface area contributed by atoms with E-state index in [2.05, 4.69) is 0 Å². The molecule has 0 aromatic heterocycles. The summed E-state index contributed by atoms with van der Waals surface area (Å²) >= 11 is 5.96. The molecule has 0 fully saturated rings. The minimum absolute atomic E-state index is 0.0322. The third-order valence-corrected chi connectivity index (χ3v) is 6.47. The number of benzene rings is 2. The highest BCUT2D eigenvalue weighted by Gasteiger charge is 2.25. The lowest BCUT2D eigenvalue weighted by Gasteiger charge is -2.20. The maximum atomic E-state index is 12.7. The third-order valence-electron chi connectivity index (χ3n) is 3.09. The Labute approximate surface area is 135 Å². The van der Waals surface area contributed by atoms with Crippen molar-refractivity contribution in [2.24, 2.45) is 0 Å². The zero-order chi connectivity index (χ0) is 16.5. The fourth-order valence-corrected chi connectivity index (χ4v) is 4.25. The van der Waals surface area contributed by atoms with Crippen LogP contribution in [0.1, 0.15) is 0 Å². The van der Waals surface area contributed by atoms with Gasteiger partial charge >= 0.3 is 0 Å². The van der Waals surface area contributed by atoms with E-state index < -0.39 is 19.9 Å². The highest BCUT2D eigenvalue weighted by Crippen LogP contribution is 2.29. The molecule has 0 amide bonds. The average Bonchev–Trinajstić information content (AvgIpc) is 2.46. The van der Waals surface area contributed by atoms with Gasteiger partial charge in [0, 0.05) is 13.3 Å². The van der Waals surface area contributed by atoms with E-state index in [0.29, 0.717) is 5.69 Å². The zero-order valence-corrected chi connectivity index (χ0v) is 14.3. The SMILES string of the molecule is CN(c1ccccc1)S(=O)(=O)c1cc(S(C)(=O)=O)ccc1Cl. The van der Waals surface area contributed by atoms with Gasteiger partial charge in [0.15, 0.2) is 9.84 Å². The highest BCUT2D eigenvalue weighted by molar-refractivity contribution is 7.93. The summed E-state index contributed by atoms with van der Waals surface area (Å²) in [5, 5.41) is -0.0322. The van der Waals surface area contributed by atoms with Crippen molar-refractivity contribution >= 4 is 37.1 Å². The van der Waals surface area contributed by atoms with E-state index in [1.165, 1.54) is 19.2 Å². The Morgan fingerprint density at radius 1 is 0.955 bits per heavy atom. The lowest BCUT2D eigenvalue weighted by atomic mass is 10.3. The van der Waals surface area contributed by atoms with Crippen LogP contribution in [0.2, 0.25) is 5.02 Å². The van der Waals surface area contributed by atoms with Crippen LogP contribution < -0.4 is 4.31 Å². The third kappa shape index (κ3) is 3.26. The van der Waals surface area contributed by atoms with Crippen molar-refractivity contribution in [2.75, 3.05) is 17.6 Å². The van der Waals surface area contributed by atoms with Crippen LogP contribution in [-0.2, 0) is 19.9 Å². The molecule has 0 spiro atoms. The van der Waals surface area contributed by atoms with Crippen molar-refractivity contribution in [2.45, 2.75) is 9.79 Å². The predicted molar refractivity (Wildman–Crippen MR) is 86.6 cm³/mol. The predicted octanol–water partition coefficient (Wildman–Crippen LogP) is 2.57. The lowest BCUT2D eigenvalue weighted by molar-refractivity contribution is 0.594. The fourth-order valence-electron chi connectivity index (χ4n) is 1.84. The molecule has 0 aliphatic carbocycles. The molecule has 0 heterocycles. The molecule has 8 heteroatoms. The van der Waals surface area contributed by atoms with Gasteiger partial charge in [0.1, 0.15) is 4.90 Å². The van der Waals surface area contributed by atoms with Crippen molar-refractivity contribution in [1.82, 2.24) is 0 Å². The van der Waals surface area contributed by atoms with Crippen LogP contribution in [0.3, 0.4) is 0 Å². The number of para-hydroxylation sites is 1. The number of halogens is 1. The van der Waals surface area contributed by atoms with Gasteiger partial charge in [0.2, 0.25) is 0 Å². The van der Waals surface area contributed by atoms with Gasteiger partial charge in [-0.2, -0.15) is 0 Å². The molecule has 2 aromatic rings. The van der Waals surface area contributed by atoms with Gasteiger partial charge in [0.05, 0.1) is 15.6 Å². The largest absolute Gasteiger partial charge is 0.269 e. The van der Waals surface area contributed by atoms with E-state index in [1.807, 2.05) is 0 Å². The molecule has 2 rings (SSSR count). The van der Waals surface area contributed by atoms with Gasteiger partial charge in [-0.25, -0.2) is 16.8 Å². The van der Waals surface area contributed by atoms with Gasteiger partial charge in [0.25, 0.3) is 10.0 Å². The van der Waals surface area contributed by atoms with Gasteiger partial charge in [-0.1, -0.05) is 29.8 Å². The van der Waals surface area contributed by atoms with E-state index in [0.717, 1.165) is 16.6 Å². The number of sulfonamides is 1. The average molecular weight is 360 g/mol. The van der Waals surface area contributed by atoms with Crippen LogP contribution in [0, 0.1) is 0 Å². The molecule has 2 aromatic carbocycles. The van der Waals surface area contributed by atoms with Crippen LogP contribution in [-0.4, -0.2) is 30.1 Å². The summed E-state index contributed by atoms with van der Waals surface area (Å²) in [5.74, 6) is 0. The van der Waals surface area contributed by atoms with Crippen LogP contribution in [0.5, 0.6) is 0 Å². The molecule has 0 aliphatic heterocycles. The second-order valence-electron chi connectivity index (χ2n) is 4.67. The summed E-state index contributed by atoms with van der Waals surface area (Å²) in [4.78, 5) is -0.347. The van der Waals surface area contributed by atoms with Gasteiger partial charge in [-0.15, -0.1) is 0 Å². The van der Waals surface area contributed by atoms with E-state index >= 15 is 0 Å². The Kier molecular flexibility index (Phi) is 4.51. The number of sulfone groups is 1. The second-order valence-corrected chi connectivity index (χ2v) is 9.03. The van der Waals surface area contributed by atoms with E-state index in [9.17, 15) is 16.8 Å². The molecule has 0 aliphatic rings. The molecule has 0 saturated carbocycles. The first-order valence-electron chi connectivity index (χ1n) is 6.17. The van der Waals surface area contributed by atoms with Crippen LogP contribution in [0.15, 0.2) is 58.3 Å². The van der Waals surface area contributed by atoms with E-state index in [4.69, 9.17) is 11.6 Å². The lowest BCUT2D eigenvalue weighted by Crippen LogP contribution is -2.27. The summed E-state index contributed by atoms with van der Waals surface area (Å²) in [5.41, 5.74) is 0.448. The quantitative estimate of drug-likeness (QED) is 0.841. The molecular formula is C14H14ClNO4S2. The summed E-state index contributed by atoms with van der Waals surface area (Å²) in [6.45, 7) is 0. The molecule has 22 heavy (non-hydrogen) atoms. The van der Waals surface area contributed by atoms with Gasteiger partial charge in [-0.05, 0) is 30.3 Å². The summed E-state index contributed by atoms with van der Waals surface area (Å²) in [7, 11) is -6.12. The van der Waals surface area contributed by atoms with Crippen molar-refractivity contribution in [3.05, 3.63) is 53.6 Å². The fraction of sp³-hybridized carbons (Fsp3) is 0.143. The van der Waals surface area contributed by atoms with Crippen molar-refractivity contribution in [3.8, 4) is 0 Å². The van der Waals surface area contributed by atoms with Crippen molar-refractivity contribution < 1.29 is 16.8 Å². The maximum absolute atomic E-state index is 12.7. The van der Waals surface area contributed by atoms with Crippen LogP contribution in [0.4, 0.5) is 5.69 Å². The standard InChI is InChI=1S/C14H14ClNO4S2/c1-16(11-6-4-3-5-7-11)22(19,20)14-10-12(21(2,17)18)8-9-13(14)15/h3-10H,1-2H3. The zero-order valence-electron chi connectivity index (χ0n) is 11.9. The van der Waals surface area contributed by atoms with Crippen molar-refractivity contribution in [1.29, 1.82) is 0 Å². The number of hydrogen-bond donors (Lipinski definition) is 0. The summed E-state index contributed by atoms with van der Waals surface area (Å²) < 4.78 is 49.6. The van der Waals surface area contributed by atoms with Crippen LogP contribution >= 0.6 is 11.6 Å². The Hall–Kier alpha value is -1.57. The second kappa shape index (κ2) is 5.91. The highest BCUT2D eigenvalue weighted by atomic mass is 35.5. The smallest absolute Gasteiger partial charge is 0.265 e. The Balaban J connectivity index is 2.59. The van der Waals surface area contributed by atoms with E-state index in [1.54, 1.807) is 30.3 Å². The van der Waals surface area contributed by atoms with E-state index in [-0.39, 0.29) is 14.8 Å². The Morgan fingerprint density at radius 3 is 2.09 bits per heavy atom. The number of rotatable bonds is 4. The minimum Gasteiger partial charge on any atom is -0.269 e. The molecular weight excluding hydrogens is 346 g/mol. The van der Waals surface area contributed by atoms with Crippen LogP contribution in [0.25, 0.3) is 0 Å². The number of hydrogen-bond acceptors (Lipinski definition) is 4. The number of anilines is 1. The molecule has 0 saturated heterocycles. The Morgan fingerprint density at radius 2 is 1.55 bits per heavy atom. The first kappa shape index (κ1) is 16.8. The van der Waals surface area contributed by atoms with Crippen molar-refractivity contribution in [3.63, 3.8) is 0 Å². The molecule has 0 radical (unpaired) electrons. The molecule has 0 N–H and O–H groups in total. The molecule has 118 valence electrons. The first-order valence-corrected chi connectivity index (χ1v) is 9.88. The van der Waals surface area contributed by atoms with Gasteiger partial charge < -0.3 is 0 Å². The normalized spacial score (nSPS) is 12.1. The summed E-state index contributed by atoms with van der Waals surface area (Å²) in [6.07, 6.45) is 1.01. The van der Waals surface area contributed by atoms with Gasteiger partial charge in [-0.3, -0.25) is 4.31 Å². The topological polar surface area (TPSA) is 71.5 Å². The maximum Gasteiger partial charge on any atom is 0.265 e. The monoisotopic (exact) mass is 359 g/mol.